The van der Waals surface area contributed by atoms with Crippen molar-refractivity contribution in [3.05, 3.63) is 76.9 Å². The van der Waals surface area contributed by atoms with Gasteiger partial charge in [0.2, 0.25) is 15.9 Å². The molecule has 0 radical (unpaired) electrons. The average molecular weight is 566 g/mol. The van der Waals surface area contributed by atoms with Crippen LogP contribution in [-0.2, 0) is 21.2 Å². The molecule has 9 nitrogen and oxygen atoms in total. The van der Waals surface area contributed by atoms with Crippen LogP contribution in [0.5, 0.6) is 0 Å². The molecule has 2 aliphatic heterocycles. The molecule has 2 fully saturated rings. The number of hydrogen-bond donors (Lipinski definition) is 1. The van der Waals surface area contributed by atoms with Crippen LogP contribution in [0.25, 0.3) is 0 Å². The normalized spacial score (nSPS) is 17.6. The van der Waals surface area contributed by atoms with Gasteiger partial charge in [0.05, 0.1) is 12.7 Å². The van der Waals surface area contributed by atoms with Crippen LogP contribution in [0.1, 0.15) is 53.5 Å². The largest absolute Gasteiger partial charge is 0.464 e. The van der Waals surface area contributed by atoms with Crippen molar-refractivity contribution >= 4 is 27.4 Å². The Kier molecular flexibility index (Phi) is 8.46. The lowest BCUT2D eigenvalue weighted by atomic mass is 9.97. The second-order valence-corrected chi connectivity index (χ2v) is 12.9. The Morgan fingerprint density at radius 3 is 2.33 bits per heavy atom. The SMILES string of the molecule is Cc1ccc(C(NC(=O)Cc2ccc(N3CCN(S(C)(=O)=O)CC3)nc2)c2ccc(C)o2)c(N2CCCCC2)c1. The summed E-state index contributed by atoms with van der Waals surface area (Å²) in [6, 6.07) is 13.7. The number of rotatable bonds is 8. The summed E-state index contributed by atoms with van der Waals surface area (Å²) < 4.78 is 31.1. The number of piperidine rings is 1. The van der Waals surface area contributed by atoms with E-state index in [-0.39, 0.29) is 12.3 Å². The lowest BCUT2D eigenvalue weighted by Gasteiger charge is -2.34. The van der Waals surface area contributed by atoms with E-state index in [0.29, 0.717) is 26.2 Å². The van der Waals surface area contributed by atoms with E-state index in [1.165, 1.54) is 35.4 Å². The zero-order valence-electron chi connectivity index (χ0n) is 23.6. The molecule has 10 heteroatoms. The molecule has 1 N–H and O–H groups in total. The predicted octanol–water partition coefficient (Wildman–Crippen LogP) is 3.81. The molecule has 0 saturated carbocycles. The highest BCUT2D eigenvalue weighted by Crippen LogP contribution is 2.34. The fraction of sp³-hybridized carbons (Fsp3) is 0.467. The second-order valence-electron chi connectivity index (χ2n) is 10.9. The van der Waals surface area contributed by atoms with E-state index >= 15 is 0 Å². The molecule has 1 aromatic carbocycles. The molecule has 0 aliphatic carbocycles. The van der Waals surface area contributed by atoms with Gasteiger partial charge in [-0.05, 0) is 68.5 Å². The zero-order chi connectivity index (χ0) is 28.3. The van der Waals surface area contributed by atoms with Gasteiger partial charge >= 0.3 is 0 Å². The number of pyridine rings is 1. The van der Waals surface area contributed by atoms with Crippen LogP contribution < -0.4 is 15.1 Å². The van der Waals surface area contributed by atoms with Crippen LogP contribution in [0.4, 0.5) is 11.5 Å². The number of nitrogens with one attached hydrogen (secondary N) is 1. The van der Waals surface area contributed by atoms with Crippen molar-refractivity contribution in [3.63, 3.8) is 0 Å². The van der Waals surface area contributed by atoms with Gasteiger partial charge in [0.1, 0.15) is 23.4 Å². The van der Waals surface area contributed by atoms with Crippen LogP contribution in [0.2, 0.25) is 0 Å². The van der Waals surface area contributed by atoms with Crippen LogP contribution in [0.3, 0.4) is 0 Å². The number of carbonyl (C=O) groups is 1. The summed E-state index contributed by atoms with van der Waals surface area (Å²) in [6.07, 6.45) is 6.75. The zero-order valence-corrected chi connectivity index (χ0v) is 24.4. The number of benzene rings is 1. The summed E-state index contributed by atoms with van der Waals surface area (Å²) in [5.74, 6) is 2.19. The van der Waals surface area contributed by atoms with Crippen LogP contribution >= 0.6 is 0 Å². The Labute approximate surface area is 237 Å². The van der Waals surface area contributed by atoms with Gasteiger partial charge in [-0.15, -0.1) is 0 Å². The Hall–Kier alpha value is -3.37. The van der Waals surface area contributed by atoms with E-state index in [1.807, 2.05) is 31.2 Å². The maximum Gasteiger partial charge on any atom is 0.225 e. The molecule has 214 valence electrons. The van der Waals surface area contributed by atoms with Crippen molar-refractivity contribution in [1.82, 2.24) is 14.6 Å². The third-order valence-electron chi connectivity index (χ3n) is 7.75. The minimum atomic E-state index is -3.18. The monoisotopic (exact) mass is 565 g/mol. The van der Waals surface area contributed by atoms with E-state index in [4.69, 9.17) is 4.42 Å². The minimum absolute atomic E-state index is 0.111. The number of anilines is 2. The van der Waals surface area contributed by atoms with Crippen LogP contribution in [-0.4, -0.2) is 69.1 Å². The second kappa shape index (κ2) is 12.0. The molecule has 3 aromatic rings. The number of piperazine rings is 1. The molecule has 1 atom stereocenters. The fourth-order valence-electron chi connectivity index (χ4n) is 5.57. The highest BCUT2D eigenvalue weighted by atomic mass is 32.2. The molecule has 0 bridgehead atoms. The molecule has 5 rings (SSSR count). The Bertz CT molecular complexity index is 1420. The summed E-state index contributed by atoms with van der Waals surface area (Å²) in [5.41, 5.74) is 4.19. The third kappa shape index (κ3) is 6.67. The number of hydrogen-bond acceptors (Lipinski definition) is 7. The molecule has 0 spiro atoms. The first-order valence-electron chi connectivity index (χ1n) is 14.0. The summed E-state index contributed by atoms with van der Waals surface area (Å²) in [5, 5.41) is 3.25. The van der Waals surface area contributed by atoms with Gasteiger partial charge < -0.3 is 19.5 Å². The summed E-state index contributed by atoms with van der Waals surface area (Å²) in [4.78, 5) is 22.5. The van der Waals surface area contributed by atoms with Gasteiger partial charge in [0, 0.05) is 56.7 Å². The third-order valence-corrected chi connectivity index (χ3v) is 9.05. The van der Waals surface area contributed by atoms with Crippen molar-refractivity contribution in [1.29, 1.82) is 0 Å². The maximum absolute atomic E-state index is 13.4. The van der Waals surface area contributed by atoms with Crippen molar-refractivity contribution in [2.75, 3.05) is 55.3 Å². The lowest BCUT2D eigenvalue weighted by Crippen LogP contribution is -2.48. The van der Waals surface area contributed by atoms with Gasteiger partial charge in [-0.25, -0.2) is 13.4 Å². The van der Waals surface area contributed by atoms with E-state index in [2.05, 4.69) is 45.2 Å². The van der Waals surface area contributed by atoms with Crippen molar-refractivity contribution in [2.45, 2.75) is 45.6 Å². The first-order chi connectivity index (χ1) is 19.2. The minimum Gasteiger partial charge on any atom is -0.464 e. The van der Waals surface area contributed by atoms with E-state index < -0.39 is 16.1 Å². The molecule has 2 aromatic heterocycles. The summed E-state index contributed by atoms with van der Waals surface area (Å²) in [7, 11) is -3.18. The number of carbonyl (C=O) groups excluding carboxylic acids is 1. The van der Waals surface area contributed by atoms with Crippen molar-refractivity contribution in [3.8, 4) is 0 Å². The molecule has 2 saturated heterocycles. The van der Waals surface area contributed by atoms with E-state index in [1.54, 1.807) is 6.20 Å². The molecule has 2 aliphatic rings. The van der Waals surface area contributed by atoms with Crippen LogP contribution in [0, 0.1) is 13.8 Å². The standard InChI is InChI=1S/C30H39N5O4S/c1-22-7-10-25(26(19-22)33-13-5-4-6-14-33)30(27-11-8-23(2)39-27)32-29(36)20-24-9-12-28(31-21-24)34-15-17-35(18-16-34)40(3,37)38/h7-12,19,21,30H,4-6,13-18,20H2,1-3H3,(H,32,36). The first kappa shape index (κ1) is 28.2. The Morgan fingerprint density at radius 1 is 0.950 bits per heavy atom. The molecular formula is C30H39N5O4S. The maximum atomic E-state index is 13.4. The number of sulfonamides is 1. The average Bonchev–Trinajstić information content (AvgIpc) is 3.38. The summed E-state index contributed by atoms with van der Waals surface area (Å²) >= 11 is 0. The number of furan rings is 1. The van der Waals surface area contributed by atoms with Crippen molar-refractivity contribution in [2.24, 2.45) is 0 Å². The highest BCUT2D eigenvalue weighted by molar-refractivity contribution is 7.88. The van der Waals surface area contributed by atoms with Gasteiger partial charge in [0.15, 0.2) is 0 Å². The molecule has 1 unspecified atom stereocenters. The summed E-state index contributed by atoms with van der Waals surface area (Å²) in [6.45, 7) is 8.08. The molecule has 1 amide bonds. The Balaban J connectivity index is 1.30. The highest BCUT2D eigenvalue weighted by Gasteiger charge is 2.27. The number of aromatic nitrogens is 1. The number of amides is 1. The van der Waals surface area contributed by atoms with Gasteiger partial charge in [-0.3, -0.25) is 4.79 Å². The quantitative estimate of drug-likeness (QED) is 0.444. The van der Waals surface area contributed by atoms with Gasteiger partial charge in [-0.1, -0.05) is 18.2 Å². The molecule has 4 heterocycles. The first-order valence-corrected chi connectivity index (χ1v) is 15.9. The molecular weight excluding hydrogens is 526 g/mol. The van der Waals surface area contributed by atoms with E-state index in [0.717, 1.165) is 47.2 Å². The number of nitrogens with zero attached hydrogens (tertiary/aromatic N) is 4. The van der Waals surface area contributed by atoms with E-state index in [9.17, 15) is 13.2 Å². The lowest BCUT2D eigenvalue weighted by molar-refractivity contribution is -0.121. The number of aryl methyl sites for hydroxylation is 2. The van der Waals surface area contributed by atoms with Crippen LogP contribution in [0.15, 0.2) is 53.1 Å². The molecule has 40 heavy (non-hydrogen) atoms. The van der Waals surface area contributed by atoms with Crippen molar-refractivity contribution < 1.29 is 17.6 Å². The van der Waals surface area contributed by atoms with Gasteiger partial charge in [-0.2, -0.15) is 4.31 Å². The topological polar surface area (TPSA) is 99.0 Å². The fourth-order valence-corrected chi connectivity index (χ4v) is 6.40. The Morgan fingerprint density at radius 2 is 1.70 bits per heavy atom. The predicted molar refractivity (Wildman–Crippen MR) is 157 cm³/mol. The smallest absolute Gasteiger partial charge is 0.225 e. The van der Waals surface area contributed by atoms with Gasteiger partial charge in [0.25, 0.3) is 0 Å².